The van der Waals surface area contributed by atoms with Gasteiger partial charge in [-0.15, -0.1) is 0 Å². The average Bonchev–Trinajstić information content (AvgIpc) is 3.53. The molecule has 37 heavy (non-hydrogen) atoms. The molecule has 0 bridgehead atoms. The van der Waals surface area contributed by atoms with Gasteiger partial charge in [0.15, 0.2) is 11.5 Å². The summed E-state index contributed by atoms with van der Waals surface area (Å²) in [5.41, 5.74) is 1.66. The highest BCUT2D eigenvalue weighted by atomic mass is 16.7. The van der Waals surface area contributed by atoms with Crippen molar-refractivity contribution in [2.24, 2.45) is 5.92 Å². The molecule has 0 radical (unpaired) electrons. The summed E-state index contributed by atoms with van der Waals surface area (Å²) in [6.07, 6.45) is 2.33. The van der Waals surface area contributed by atoms with Crippen LogP contribution >= 0.6 is 0 Å². The van der Waals surface area contributed by atoms with Crippen LogP contribution in [0.15, 0.2) is 42.5 Å². The van der Waals surface area contributed by atoms with Crippen molar-refractivity contribution in [3.8, 4) is 17.2 Å². The Labute approximate surface area is 217 Å². The Kier molecular flexibility index (Phi) is 8.89. The number of aliphatic hydroxyl groups excluding tert-OH is 1. The highest BCUT2D eigenvalue weighted by molar-refractivity contribution is 5.79. The first-order valence-corrected chi connectivity index (χ1v) is 12.9. The molecule has 0 spiro atoms. The van der Waals surface area contributed by atoms with Crippen molar-refractivity contribution in [3.05, 3.63) is 53.6 Å². The summed E-state index contributed by atoms with van der Waals surface area (Å²) >= 11 is 0. The molecule has 1 unspecified atom stereocenters. The van der Waals surface area contributed by atoms with E-state index in [2.05, 4.69) is 6.92 Å². The third kappa shape index (κ3) is 5.99. The molecule has 2 heterocycles. The predicted molar refractivity (Wildman–Crippen MR) is 137 cm³/mol. The maximum Gasteiger partial charge on any atom is 0.309 e. The Hall–Kier alpha value is -3.30. The van der Waals surface area contributed by atoms with Crippen LogP contribution < -0.4 is 14.2 Å². The molecular formula is C28H36N2O7. The van der Waals surface area contributed by atoms with Crippen LogP contribution in [0.3, 0.4) is 0 Å². The van der Waals surface area contributed by atoms with E-state index in [1.807, 2.05) is 47.4 Å². The number of rotatable bonds is 12. The Morgan fingerprint density at radius 1 is 1.05 bits per heavy atom. The average molecular weight is 513 g/mol. The van der Waals surface area contributed by atoms with E-state index in [0.717, 1.165) is 24.0 Å². The first-order chi connectivity index (χ1) is 18.0. The van der Waals surface area contributed by atoms with Crippen molar-refractivity contribution in [1.29, 1.82) is 0 Å². The van der Waals surface area contributed by atoms with Gasteiger partial charge >= 0.3 is 5.97 Å². The van der Waals surface area contributed by atoms with Gasteiger partial charge in [0, 0.05) is 38.2 Å². The second-order valence-corrected chi connectivity index (χ2v) is 9.54. The number of aliphatic hydroxyl groups is 1. The first-order valence-electron chi connectivity index (χ1n) is 12.9. The second kappa shape index (κ2) is 12.3. The number of amides is 1. The fraction of sp³-hybridized carbons (Fsp3) is 0.500. The summed E-state index contributed by atoms with van der Waals surface area (Å²) in [5.74, 6) is -0.179. The normalized spacial score (nSPS) is 20.7. The van der Waals surface area contributed by atoms with Crippen LogP contribution in [-0.4, -0.2) is 78.6 Å². The van der Waals surface area contributed by atoms with E-state index in [0.29, 0.717) is 43.3 Å². The first kappa shape index (κ1) is 26.8. The van der Waals surface area contributed by atoms with E-state index in [4.69, 9.17) is 14.2 Å². The summed E-state index contributed by atoms with van der Waals surface area (Å²) in [6.45, 7) is 3.82. The molecule has 1 amide bonds. The molecule has 0 saturated carbocycles. The Morgan fingerprint density at radius 2 is 1.76 bits per heavy atom. The van der Waals surface area contributed by atoms with Crippen LogP contribution in [0, 0.1) is 5.92 Å². The zero-order chi connectivity index (χ0) is 26.4. The second-order valence-electron chi connectivity index (χ2n) is 9.54. The Balaban J connectivity index is 1.67. The summed E-state index contributed by atoms with van der Waals surface area (Å²) in [5, 5.41) is 19.8. The van der Waals surface area contributed by atoms with Crippen molar-refractivity contribution in [1.82, 2.24) is 9.80 Å². The molecule has 1 saturated heterocycles. The van der Waals surface area contributed by atoms with Crippen molar-refractivity contribution in [3.63, 3.8) is 0 Å². The van der Waals surface area contributed by atoms with E-state index in [1.165, 1.54) is 0 Å². The number of unbranched alkanes of at least 4 members (excludes halogenated alkanes) is 1. The molecule has 2 aromatic rings. The topological polar surface area (TPSA) is 109 Å². The predicted octanol–water partition coefficient (Wildman–Crippen LogP) is 3.28. The number of likely N-dealkylation sites (tertiary alicyclic amines) is 1. The molecule has 9 nitrogen and oxygen atoms in total. The monoisotopic (exact) mass is 512 g/mol. The minimum absolute atomic E-state index is 0.0152. The maximum atomic E-state index is 13.5. The smallest absolute Gasteiger partial charge is 0.309 e. The minimum Gasteiger partial charge on any atom is -0.497 e. The summed E-state index contributed by atoms with van der Waals surface area (Å²) < 4.78 is 16.3. The highest BCUT2D eigenvalue weighted by Gasteiger charge is 2.48. The standard InChI is InChI=1S/C28H36N2O7/c1-3-4-12-29(13-5-14-31)25(32)17-30-16-22(20-8-11-23-24(15-20)37-18-36-23)26(28(33)34)27(30)19-6-9-21(35-2)10-7-19/h6-11,15,22,26-27,31H,3-5,12-14,16-18H2,1-2H3,(H,33,34)/t22?,26-,27+/m0/s1. The number of fused-ring (bicyclic) bond motifs is 1. The highest BCUT2D eigenvalue weighted by Crippen LogP contribution is 2.47. The summed E-state index contributed by atoms with van der Waals surface area (Å²) in [4.78, 5) is 30.0. The van der Waals surface area contributed by atoms with Crippen LogP contribution in [0.4, 0.5) is 0 Å². The van der Waals surface area contributed by atoms with Gasteiger partial charge in [0.2, 0.25) is 12.7 Å². The summed E-state index contributed by atoms with van der Waals surface area (Å²) in [7, 11) is 1.59. The number of methoxy groups -OCH3 is 1. The molecule has 200 valence electrons. The van der Waals surface area contributed by atoms with Gasteiger partial charge in [0.25, 0.3) is 0 Å². The number of carboxylic acid groups (broad SMARTS) is 1. The molecule has 2 N–H and O–H groups in total. The largest absolute Gasteiger partial charge is 0.497 e. The number of ether oxygens (including phenoxy) is 3. The van der Waals surface area contributed by atoms with Gasteiger partial charge in [-0.25, -0.2) is 0 Å². The van der Waals surface area contributed by atoms with Gasteiger partial charge in [-0.2, -0.15) is 0 Å². The zero-order valence-electron chi connectivity index (χ0n) is 21.5. The van der Waals surface area contributed by atoms with Crippen molar-refractivity contribution in [2.75, 3.05) is 46.7 Å². The number of nitrogens with zero attached hydrogens (tertiary/aromatic N) is 2. The third-order valence-electron chi connectivity index (χ3n) is 7.22. The third-order valence-corrected chi connectivity index (χ3v) is 7.22. The van der Waals surface area contributed by atoms with E-state index in [-0.39, 0.29) is 31.8 Å². The number of hydrogen-bond acceptors (Lipinski definition) is 7. The van der Waals surface area contributed by atoms with Crippen LogP contribution in [0.25, 0.3) is 0 Å². The quantitative estimate of drug-likeness (QED) is 0.446. The maximum absolute atomic E-state index is 13.5. The lowest BCUT2D eigenvalue weighted by Gasteiger charge is -2.30. The molecule has 0 aliphatic carbocycles. The Bertz CT molecular complexity index is 1070. The van der Waals surface area contributed by atoms with Crippen LogP contribution in [-0.2, 0) is 9.59 Å². The lowest BCUT2D eigenvalue weighted by Crippen LogP contribution is -2.42. The number of carbonyl (C=O) groups excluding carboxylic acids is 1. The molecule has 2 aliphatic rings. The van der Waals surface area contributed by atoms with Crippen LogP contribution in [0.2, 0.25) is 0 Å². The van der Waals surface area contributed by atoms with Gasteiger partial charge in [0.1, 0.15) is 5.75 Å². The number of hydrogen-bond donors (Lipinski definition) is 2. The minimum atomic E-state index is -0.915. The van der Waals surface area contributed by atoms with Crippen molar-refractivity contribution >= 4 is 11.9 Å². The molecule has 3 atom stereocenters. The molecule has 1 fully saturated rings. The molecule has 0 aromatic heterocycles. The van der Waals surface area contributed by atoms with Gasteiger partial charge in [-0.1, -0.05) is 31.5 Å². The van der Waals surface area contributed by atoms with Gasteiger partial charge in [-0.05, 0) is 48.2 Å². The van der Waals surface area contributed by atoms with Crippen molar-refractivity contribution in [2.45, 2.75) is 38.1 Å². The van der Waals surface area contributed by atoms with E-state index < -0.39 is 17.9 Å². The number of aliphatic carboxylic acids is 1. The lowest BCUT2D eigenvalue weighted by molar-refractivity contribution is -0.144. The molecule has 2 aromatic carbocycles. The SMILES string of the molecule is CCCCN(CCCO)C(=O)CN1CC(c2ccc3c(c2)OCO3)[C@H](C(=O)O)[C@H]1c1ccc(OC)cc1. The number of benzene rings is 2. The fourth-order valence-electron chi connectivity index (χ4n) is 5.32. The van der Waals surface area contributed by atoms with Crippen molar-refractivity contribution < 1.29 is 34.0 Å². The van der Waals surface area contributed by atoms with Gasteiger partial charge in [-0.3, -0.25) is 14.5 Å². The van der Waals surface area contributed by atoms with E-state index in [1.54, 1.807) is 12.0 Å². The molecule has 9 heteroatoms. The summed E-state index contributed by atoms with van der Waals surface area (Å²) in [6, 6.07) is 12.4. The van der Waals surface area contributed by atoms with Crippen LogP contribution in [0.5, 0.6) is 17.2 Å². The number of carboxylic acids is 1. The lowest BCUT2D eigenvalue weighted by atomic mass is 9.82. The van der Waals surface area contributed by atoms with E-state index >= 15 is 0 Å². The van der Waals surface area contributed by atoms with Gasteiger partial charge < -0.3 is 29.3 Å². The van der Waals surface area contributed by atoms with Gasteiger partial charge in [0.05, 0.1) is 19.6 Å². The molecule has 4 rings (SSSR count). The molecular weight excluding hydrogens is 476 g/mol. The zero-order valence-corrected chi connectivity index (χ0v) is 21.5. The van der Waals surface area contributed by atoms with Crippen LogP contribution in [0.1, 0.15) is 49.3 Å². The number of carbonyl (C=O) groups is 2. The van der Waals surface area contributed by atoms with E-state index in [9.17, 15) is 19.8 Å². The Morgan fingerprint density at radius 3 is 2.43 bits per heavy atom. The fourth-order valence-corrected chi connectivity index (χ4v) is 5.32. The molecule has 2 aliphatic heterocycles.